The molecule has 0 aliphatic carbocycles. The Balaban J connectivity index is 2.36. The van der Waals surface area contributed by atoms with E-state index >= 15 is 0 Å². The Hall–Kier alpha value is -2.10. The Kier molecular flexibility index (Phi) is 4.16. The highest BCUT2D eigenvalue weighted by molar-refractivity contribution is 5.98. The van der Waals surface area contributed by atoms with E-state index < -0.39 is 0 Å². The first-order chi connectivity index (χ1) is 9.84. The lowest BCUT2D eigenvalue weighted by molar-refractivity contribution is 0.0937. The standard InChI is InChI=1S/C17H23N3O/c1-9-10(2)12(4)15(13(5)11(9)3)17(21)20-14(6)16-18-7-8-19-16/h7-8,14H,1-6H3,(H,18,19)(H,20,21). The molecule has 2 rings (SSSR count). The first-order valence-electron chi connectivity index (χ1n) is 7.21. The number of rotatable bonds is 3. The van der Waals surface area contributed by atoms with Crippen LogP contribution in [-0.2, 0) is 0 Å². The zero-order chi connectivity index (χ0) is 15.7. The van der Waals surface area contributed by atoms with Crippen LogP contribution in [0, 0.1) is 34.6 Å². The van der Waals surface area contributed by atoms with Gasteiger partial charge in [0, 0.05) is 18.0 Å². The molecule has 1 heterocycles. The second-order valence-electron chi connectivity index (χ2n) is 5.67. The minimum atomic E-state index is -0.145. The van der Waals surface area contributed by atoms with Crippen LogP contribution < -0.4 is 5.32 Å². The summed E-state index contributed by atoms with van der Waals surface area (Å²) in [6.45, 7) is 12.2. The van der Waals surface area contributed by atoms with Gasteiger partial charge in [-0.1, -0.05) is 0 Å². The monoisotopic (exact) mass is 285 g/mol. The van der Waals surface area contributed by atoms with E-state index in [9.17, 15) is 4.79 Å². The maximum atomic E-state index is 12.7. The van der Waals surface area contributed by atoms with Crippen molar-refractivity contribution in [2.75, 3.05) is 0 Å². The summed E-state index contributed by atoms with van der Waals surface area (Å²) in [5.41, 5.74) is 6.54. The van der Waals surface area contributed by atoms with Gasteiger partial charge < -0.3 is 10.3 Å². The lowest BCUT2D eigenvalue weighted by Gasteiger charge is -2.19. The first kappa shape index (κ1) is 15.3. The smallest absolute Gasteiger partial charge is 0.252 e. The van der Waals surface area contributed by atoms with Crippen molar-refractivity contribution in [2.45, 2.75) is 47.6 Å². The van der Waals surface area contributed by atoms with Crippen LogP contribution in [0.1, 0.15) is 57.0 Å². The molecule has 1 aromatic heterocycles. The zero-order valence-corrected chi connectivity index (χ0v) is 13.6. The van der Waals surface area contributed by atoms with Gasteiger partial charge >= 0.3 is 0 Å². The quantitative estimate of drug-likeness (QED) is 0.907. The lowest BCUT2D eigenvalue weighted by atomic mass is 9.89. The van der Waals surface area contributed by atoms with E-state index in [0.717, 1.165) is 22.5 Å². The maximum Gasteiger partial charge on any atom is 0.252 e. The van der Waals surface area contributed by atoms with Gasteiger partial charge in [0.05, 0.1) is 6.04 Å². The Morgan fingerprint density at radius 3 is 2.05 bits per heavy atom. The number of aromatic nitrogens is 2. The molecule has 1 amide bonds. The van der Waals surface area contributed by atoms with E-state index in [1.54, 1.807) is 12.4 Å². The lowest BCUT2D eigenvalue weighted by Crippen LogP contribution is -2.29. The fourth-order valence-electron chi connectivity index (χ4n) is 2.69. The van der Waals surface area contributed by atoms with Crippen molar-refractivity contribution in [1.29, 1.82) is 0 Å². The number of imidazole rings is 1. The molecule has 0 aliphatic heterocycles. The summed E-state index contributed by atoms with van der Waals surface area (Å²) >= 11 is 0. The molecule has 2 N–H and O–H groups in total. The van der Waals surface area contributed by atoms with Gasteiger partial charge in [-0.2, -0.15) is 0 Å². The molecule has 0 saturated heterocycles. The summed E-state index contributed by atoms with van der Waals surface area (Å²) in [6, 6.07) is -0.145. The molecular weight excluding hydrogens is 262 g/mol. The minimum Gasteiger partial charge on any atom is -0.347 e. The predicted molar refractivity (Wildman–Crippen MR) is 84.6 cm³/mol. The summed E-state index contributed by atoms with van der Waals surface area (Å²) in [4.78, 5) is 19.9. The molecule has 0 aliphatic rings. The topological polar surface area (TPSA) is 57.8 Å². The first-order valence-corrected chi connectivity index (χ1v) is 7.21. The van der Waals surface area contributed by atoms with Crippen molar-refractivity contribution >= 4 is 5.91 Å². The van der Waals surface area contributed by atoms with Gasteiger partial charge in [-0.25, -0.2) is 4.98 Å². The molecule has 112 valence electrons. The average molecular weight is 285 g/mol. The van der Waals surface area contributed by atoms with Crippen molar-refractivity contribution < 1.29 is 4.79 Å². The molecule has 1 aromatic carbocycles. The number of benzene rings is 1. The van der Waals surface area contributed by atoms with Crippen LogP contribution in [0.4, 0.5) is 0 Å². The molecule has 0 saturated carbocycles. The highest BCUT2D eigenvalue weighted by Crippen LogP contribution is 2.26. The Morgan fingerprint density at radius 2 is 1.57 bits per heavy atom. The van der Waals surface area contributed by atoms with Crippen LogP contribution in [0.2, 0.25) is 0 Å². The van der Waals surface area contributed by atoms with E-state index in [0.29, 0.717) is 0 Å². The van der Waals surface area contributed by atoms with E-state index in [2.05, 4.69) is 36.1 Å². The molecule has 2 aromatic rings. The van der Waals surface area contributed by atoms with E-state index in [1.165, 1.54) is 16.7 Å². The molecule has 0 radical (unpaired) electrons. The molecule has 0 fully saturated rings. The van der Waals surface area contributed by atoms with Crippen LogP contribution in [-0.4, -0.2) is 15.9 Å². The van der Waals surface area contributed by atoms with Gasteiger partial charge in [-0.05, 0) is 69.4 Å². The van der Waals surface area contributed by atoms with Gasteiger partial charge in [0.15, 0.2) is 0 Å². The van der Waals surface area contributed by atoms with Crippen molar-refractivity contribution in [1.82, 2.24) is 15.3 Å². The van der Waals surface area contributed by atoms with E-state index in [4.69, 9.17) is 0 Å². The van der Waals surface area contributed by atoms with Gasteiger partial charge in [-0.3, -0.25) is 4.79 Å². The number of hydrogen-bond donors (Lipinski definition) is 2. The molecule has 1 atom stereocenters. The van der Waals surface area contributed by atoms with Gasteiger partial charge in [-0.15, -0.1) is 0 Å². The molecule has 0 spiro atoms. The highest BCUT2D eigenvalue weighted by Gasteiger charge is 2.20. The summed E-state index contributed by atoms with van der Waals surface area (Å²) in [5, 5.41) is 3.02. The summed E-state index contributed by atoms with van der Waals surface area (Å²) < 4.78 is 0. The van der Waals surface area contributed by atoms with Gasteiger partial charge in [0.25, 0.3) is 5.91 Å². The van der Waals surface area contributed by atoms with Crippen LogP contribution >= 0.6 is 0 Å². The Morgan fingerprint density at radius 1 is 1.05 bits per heavy atom. The third kappa shape index (κ3) is 2.71. The predicted octanol–water partition coefficient (Wildman–Crippen LogP) is 3.44. The number of nitrogens with zero attached hydrogens (tertiary/aromatic N) is 1. The molecule has 4 nitrogen and oxygen atoms in total. The SMILES string of the molecule is Cc1c(C)c(C)c(C(=O)NC(C)c2ncc[nH]2)c(C)c1C. The Labute approximate surface area is 126 Å². The summed E-state index contributed by atoms with van der Waals surface area (Å²) in [7, 11) is 0. The number of hydrogen-bond acceptors (Lipinski definition) is 2. The summed E-state index contributed by atoms with van der Waals surface area (Å²) in [5.74, 6) is 0.722. The maximum absolute atomic E-state index is 12.7. The number of carbonyl (C=O) groups is 1. The van der Waals surface area contributed by atoms with Crippen molar-refractivity contribution in [3.8, 4) is 0 Å². The third-order valence-corrected chi connectivity index (χ3v) is 4.50. The highest BCUT2D eigenvalue weighted by atomic mass is 16.1. The molecule has 21 heavy (non-hydrogen) atoms. The van der Waals surface area contributed by atoms with Crippen LogP contribution in [0.5, 0.6) is 0 Å². The molecule has 1 unspecified atom stereocenters. The van der Waals surface area contributed by atoms with Crippen LogP contribution in [0.15, 0.2) is 12.4 Å². The Bertz CT molecular complexity index is 643. The van der Waals surface area contributed by atoms with Crippen LogP contribution in [0.25, 0.3) is 0 Å². The minimum absolute atomic E-state index is 0.0416. The normalized spacial score (nSPS) is 12.3. The van der Waals surface area contributed by atoms with Crippen molar-refractivity contribution in [3.63, 3.8) is 0 Å². The number of carbonyl (C=O) groups excluding carboxylic acids is 1. The number of nitrogens with one attached hydrogen (secondary N) is 2. The zero-order valence-electron chi connectivity index (χ0n) is 13.6. The van der Waals surface area contributed by atoms with Gasteiger partial charge in [0.1, 0.15) is 5.82 Å². The molecular formula is C17H23N3O. The van der Waals surface area contributed by atoms with Crippen LogP contribution in [0.3, 0.4) is 0 Å². The largest absolute Gasteiger partial charge is 0.347 e. The fraction of sp³-hybridized carbons (Fsp3) is 0.412. The van der Waals surface area contributed by atoms with E-state index in [1.807, 2.05) is 20.8 Å². The van der Waals surface area contributed by atoms with Crippen molar-refractivity contribution in [3.05, 3.63) is 51.6 Å². The third-order valence-electron chi connectivity index (χ3n) is 4.50. The van der Waals surface area contributed by atoms with Gasteiger partial charge in [0.2, 0.25) is 0 Å². The summed E-state index contributed by atoms with van der Waals surface area (Å²) in [6.07, 6.45) is 3.45. The second-order valence-corrected chi connectivity index (χ2v) is 5.67. The number of H-pyrrole nitrogens is 1. The van der Waals surface area contributed by atoms with E-state index in [-0.39, 0.29) is 11.9 Å². The number of amides is 1. The van der Waals surface area contributed by atoms with Crippen molar-refractivity contribution in [2.24, 2.45) is 0 Å². The second kappa shape index (κ2) is 5.72. The molecule has 0 bridgehead atoms. The number of aromatic amines is 1. The fourth-order valence-corrected chi connectivity index (χ4v) is 2.69. The molecule has 4 heteroatoms. The average Bonchev–Trinajstić information content (AvgIpc) is 2.97.